The van der Waals surface area contributed by atoms with E-state index >= 15 is 0 Å². The highest BCUT2D eigenvalue weighted by atomic mass is 32.2. The minimum absolute atomic E-state index is 0.111. The van der Waals surface area contributed by atoms with Gasteiger partial charge in [0.05, 0.1) is 11.9 Å². The lowest BCUT2D eigenvalue weighted by Crippen LogP contribution is -2.35. The molecule has 156 valence electrons. The molecule has 0 atom stereocenters. The van der Waals surface area contributed by atoms with E-state index in [2.05, 4.69) is 53.0 Å². The third-order valence-electron chi connectivity index (χ3n) is 5.70. The summed E-state index contributed by atoms with van der Waals surface area (Å²) in [5.41, 5.74) is 4.75. The van der Waals surface area contributed by atoms with Crippen molar-refractivity contribution in [1.29, 1.82) is 0 Å². The van der Waals surface area contributed by atoms with Gasteiger partial charge in [-0.15, -0.1) is 0 Å². The second-order valence-corrected chi connectivity index (χ2v) is 9.75. The summed E-state index contributed by atoms with van der Waals surface area (Å²) in [6, 6.07) is 22.4. The van der Waals surface area contributed by atoms with Crippen molar-refractivity contribution in [3.8, 4) is 5.75 Å². The monoisotopic (exact) mass is 422 g/mol. The Bertz CT molecular complexity index is 1120. The first-order chi connectivity index (χ1) is 14.3. The number of aromatic nitrogens is 1. The van der Waals surface area contributed by atoms with Crippen LogP contribution in [0.15, 0.2) is 66.7 Å². The van der Waals surface area contributed by atoms with E-state index in [1.807, 2.05) is 18.2 Å². The number of nitrogens with zero attached hydrogens (tertiary/aromatic N) is 1. The van der Waals surface area contributed by atoms with Gasteiger partial charge in [-0.3, -0.25) is 4.72 Å². The van der Waals surface area contributed by atoms with Crippen molar-refractivity contribution in [2.75, 3.05) is 11.0 Å². The topological polar surface area (TPSA) is 68.3 Å². The second-order valence-electron chi connectivity index (χ2n) is 8.00. The van der Waals surface area contributed by atoms with Crippen LogP contribution in [0.3, 0.4) is 0 Å². The minimum atomic E-state index is -3.36. The number of aryl methyl sites for hydroxylation is 1. The fraction of sp³-hybridized carbons (Fsp3) is 0.292. The fourth-order valence-corrected chi connectivity index (χ4v) is 4.47. The van der Waals surface area contributed by atoms with Gasteiger partial charge in [-0.25, -0.2) is 13.4 Å². The summed E-state index contributed by atoms with van der Waals surface area (Å²) in [4.78, 5) is 4.28. The van der Waals surface area contributed by atoms with Crippen LogP contribution in [0.2, 0.25) is 0 Å². The zero-order valence-corrected chi connectivity index (χ0v) is 18.1. The lowest BCUT2D eigenvalue weighted by atomic mass is 9.60. The van der Waals surface area contributed by atoms with Gasteiger partial charge in [0.15, 0.2) is 0 Å². The van der Waals surface area contributed by atoms with Gasteiger partial charge in [-0.1, -0.05) is 54.4 Å². The normalized spacial score (nSPS) is 15.3. The maximum absolute atomic E-state index is 11.4. The average Bonchev–Trinajstić information content (AvgIpc) is 2.67. The lowest BCUT2D eigenvalue weighted by molar-refractivity contribution is 0.294. The van der Waals surface area contributed by atoms with Crippen molar-refractivity contribution < 1.29 is 13.2 Å². The molecule has 0 amide bonds. The third kappa shape index (κ3) is 4.49. The van der Waals surface area contributed by atoms with E-state index in [4.69, 9.17) is 4.74 Å². The van der Waals surface area contributed by atoms with E-state index in [1.54, 1.807) is 12.1 Å². The van der Waals surface area contributed by atoms with Gasteiger partial charge >= 0.3 is 0 Å². The number of pyridine rings is 1. The van der Waals surface area contributed by atoms with Crippen LogP contribution in [0.25, 0.3) is 0 Å². The summed E-state index contributed by atoms with van der Waals surface area (Å²) in [5.74, 6) is 1.05. The molecule has 0 aliphatic heterocycles. The van der Waals surface area contributed by atoms with Crippen molar-refractivity contribution in [3.05, 3.63) is 89.1 Å². The summed E-state index contributed by atoms with van der Waals surface area (Å²) in [7, 11) is -3.36. The Morgan fingerprint density at radius 1 is 0.967 bits per heavy atom. The second kappa shape index (κ2) is 8.11. The van der Waals surface area contributed by atoms with Crippen LogP contribution in [0, 0.1) is 6.92 Å². The van der Waals surface area contributed by atoms with Crippen LogP contribution < -0.4 is 9.46 Å². The maximum atomic E-state index is 11.4. The molecule has 0 bridgehead atoms. The zero-order chi connectivity index (χ0) is 21.2. The van der Waals surface area contributed by atoms with Crippen LogP contribution >= 0.6 is 0 Å². The van der Waals surface area contributed by atoms with Gasteiger partial charge in [0.2, 0.25) is 10.0 Å². The smallest absolute Gasteiger partial charge is 0.230 e. The molecule has 0 radical (unpaired) electrons. The molecule has 1 heterocycles. The molecule has 1 N–H and O–H groups in total. The Morgan fingerprint density at radius 3 is 2.17 bits per heavy atom. The summed E-state index contributed by atoms with van der Waals surface area (Å²) >= 11 is 0. The number of anilines is 1. The predicted octanol–water partition coefficient (Wildman–Crippen LogP) is 4.81. The number of ether oxygens (including phenoxy) is 1. The number of benzene rings is 2. The lowest BCUT2D eigenvalue weighted by Gasteiger charge is -2.43. The summed E-state index contributed by atoms with van der Waals surface area (Å²) < 4.78 is 31.0. The summed E-state index contributed by atoms with van der Waals surface area (Å²) in [6.07, 6.45) is 4.68. The molecule has 1 aliphatic carbocycles. The van der Waals surface area contributed by atoms with Gasteiger partial charge in [-0.05, 0) is 55.2 Å². The largest absolute Gasteiger partial charge is 0.487 e. The van der Waals surface area contributed by atoms with Crippen LogP contribution in [-0.4, -0.2) is 19.7 Å². The molecule has 1 aliphatic rings. The van der Waals surface area contributed by atoms with Gasteiger partial charge < -0.3 is 4.74 Å². The molecule has 4 rings (SSSR count). The van der Waals surface area contributed by atoms with Gasteiger partial charge in [0.25, 0.3) is 0 Å². The summed E-state index contributed by atoms with van der Waals surface area (Å²) in [6.45, 7) is 2.38. The Labute approximate surface area is 178 Å². The van der Waals surface area contributed by atoms with Crippen molar-refractivity contribution in [1.82, 2.24) is 4.98 Å². The fourth-order valence-electron chi connectivity index (χ4n) is 3.98. The quantitative estimate of drug-likeness (QED) is 0.593. The van der Waals surface area contributed by atoms with Gasteiger partial charge in [0.1, 0.15) is 18.2 Å². The molecular formula is C24H26N2O3S. The number of hydrogen-bond acceptors (Lipinski definition) is 4. The SMILES string of the molecule is Cc1ccc(C2(c3ccc(OCc4cccc(NS(C)(=O)=O)n4)cc3)CCC2)cc1. The molecule has 1 saturated carbocycles. The van der Waals surface area contributed by atoms with Crippen molar-refractivity contribution >= 4 is 15.8 Å². The van der Waals surface area contributed by atoms with Crippen molar-refractivity contribution in [2.24, 2.45) is 0 Å². The van der Waals surface area contributed by atoms with Crippen LogP contribution in [0.4, 0.5) is 5.82 Å². The molecule has 1 aromatic heterocycles. The third-order valence-corrected chi connectivity index (χ3v) is 6.28. The van der Waals surface area contributed by atoms with E-state index in [1.165, 1.54) is 36.0 Å². The highest BCUT2D eigenvalue weighted by Crippen LogP contribution is 2.49. The molecule has 5 nitrogen and oxygen atoms in total. The molecule has 3 aromatic rings. The van der Waals surface area contributed by atoms with E-state index in [0.717, 1.165) is 12.0 Å². The van der Waals surface area contributed by atoms with Crippen LogP contribution in [0.1, 0.15) is 41.6 Å². The van der Waals surface area contributed by atoms with E-state index in [-0.39, 0.29) is 12.0 Å². The van der Waals surface area contributed by atoms with E-state index in [0.29, 0.717) is 11.5 Å². The molecule has 1 fully saturated rings. The Hall–Kier alpha value is -2.86. The first-order valence-electron chi connectivity index (χ1n) is 10.1. The molecule has 0 saturated heterocycles. The standard InChI is InChI=1S/C24H26N2O3S/c1-18-7-9-19(10-8-18)24(15-4-16-24)20-11-13-22(14-12-20)29-17-21-5-3-6-23(25-21)26-30(2,27)28/h3,5-14H,4,15-17H2,1-2H3,(H,25,26). The number of hydrogen-bond donors (Lipinski definition) is 1. The maximum Gasteiger partial charge on any atom is 0.230 e. The van der Waals surface area contributed by atoms with Crippen LogP contribution in [0.5, 0.6) is 5.75 Å². The van der Waals surface area contributed by atoms with Crippen molar-refractivity contribution in [2.45, 2.75) is 38.2 Å². The van der Waals surface area contributed by atoms with Gasteiger partial charge in [-0.2, -0.15) is 0 Å². The number of nitrogens with one attached hydrogen (secondary N) is 1. The molecule has 0 spiro atoms. The summed E-state index contributed by atoms with van der Waals surface area (Å²) in [5, 5.41) is 0. The van der Waals surface area contributed by atoms with E-state index in [9.17, 15) is 8.42 Å². The number of sulfonamides is 1. The minimum Gasteiger partial charge on any atom is -0.487 e. The van der Waals surface area contributed by atoms with Gasteiger partial charge in [0, 0.05) is 5.41 Å². The molecule has 6 heteroatoms. The number of rotatable bonds is 7. The zero-order valence-electron chi connectivity index (χ0n) is 17.3. The predicted molar refractivity (Wildman–Crippen MR) is 119 cm³/mol. The Kier molecular flexibility index (Phi) is 5.52. The Morgan fingerprint density at radius 2 is 1.60 bits per heavy atom. The van der Waals surface area contributed by atoms with E-state index < -0.39 is 10.0 Å². The molecule has 0 unspecified atom stereocenters. The van der Waals surface area contributed by atoms with Crippen molar-refractivity contribution in [3.63, 3.8) is 0 Å². The molecule has 2 aromatic carbocycles. The molecule has 30 heavy (non-hydrogen) atoms. The van der Waals surface area contributed by atoms with Crippen LogP contribution in [-0.2, 0) is 22.0 Å². The average molecular weight is 423 g/mol. The first-order valence-corrected chi connectivity index (χ1v) is 12.0. The molecular weight excluding hydrogens is 396 g/mol. The highest BCUT2D eigenvalue weighted by Gasteiger charge is 2.40. The first kappa shape index (κ1) is 20.4. The highest BCUT2D eigenvalue weighted by molar-refractivity contribution is 7.92. The Balaban J connectivity index is 1.45.